The van der Waals surface area contributed by atoms with Gasteiger partial charge in [0.25, 0.3) is 0 Å². The number of esters is 1. The number of anilines is 1. The molecule has 3 aromatic carbocycles. The van der Waals surface area contributed by atoms with Gasteiger partial charge >= 0.3 is 5.97 Å². The first-order valence-electron chi connectivity index (χ1n) is 12.4. The van der Waals surface area contributed by atoms with Crippen LogP contribution in [0.1, 0.15) is 47.2 Å². The zero-order chi connectivity index (χ0) is 28.2. The molecule has 1 heterocycles. The van der Waals surface area contributed by atoms with Crippen LogP contribution in [-0.2, 0) is 32.5 Å². The summed E-state index contributed by atoms with van der Waals surface area (Å²) in [6, 6.07) is 11.9. The number of nitrogens with zero attached hydrogens (tertiary/aromatic N) is 1. The summed E-state index contributed by atoms with van der Waals surface area (Å²) >= 11 is 0. The lowest BCUT2D eigenvalue weighted by Gasteiger charge is -2.36. The number of fused-ring (bicyclic) bond motifs is 3. The molecular formula is C30H35NO6S. The highest BCUT2D eigenvalue weighted by Crippen LogP contribution is 2.51. The van der Waals surface area contributed by atoms with Crippen LogP contribution < -0.4 is 9.04 Å². The van der Waals surface area contributed by atoms with Gasteiger partial charge in [0.1, 0.15) is 5.75 Å². The lowest BCUT2D eigenvalue weighted by atomic mass is 9.79. The van der Waals surface area contributed by atoms with Crippen molar-refractivity contribution in [3.05, 3.63) is 69.8 Å². The maximum atomic E-state index is 13.1. The molecule has 0 saturated carbocycles. The number of rotatable bonds is 6. The largest absolute Gasteiger partial charge is 0.497 e. The number of aliphatic hydroxyl groups is 1. The number of sulfonamides is 1. The average Bonchev–Trinajstić information content (AvgIpc) is 2.80. The Morgan fingerprint density at radius 1 is 1.00 bits per heavy atom. The highest BCUT2D eigenvalue weighted by atomic mass is 32.2. The molecule has 4 rings (SSSR count). The van der Waals surface area contributed by atoms with E-state index in [1.807, 2.05) is 64.1 Å². The molecule has 0 amide bonds. The number of carbonyl (C=O) groups is 1. The van der Waals surface area contributed by atoms with Crippen molar-refractivity contribution < 1.29 is 27.8 Å². The quantitative estimate of drug-likeness (QED) is 0.336. The molecule has 3 aromatic rings. The third-order valence-corrected chi connectivity index (χ3v) is 8.07. The Hall–Kier alpha value is -3.36. The first kappa shape index (κ1) is 27.7. The third kappa shape index (κ3) is 5.15. The predicted octanol–water partition coefficient (Wildman–Crippen LogP) is 5.36. The van der Waals surface area contributed by atoms with E-state index in [4.69, 9.17) is 9.47 Å². The van der Waals surface area contributed by atoms with Crippen molar-refractivity contribution in [1.82, 2.24) is 0 Å². The molecule has 0 aliphatic carbocycles. The summed E-state index contributed by atoms with van der Waals surface area (Å²) in [7, 11) is -2.08. The van der Waals surface area contributed by atoms with Gasteiger partial charge in [-0.3, -0.25) is 9.10 Å². The van der Waals surface area contributed by atoms with Crippen molar-refractivity contribution in [3.8, 4) is 28.0 Å². The molecule has 0 saturated heterocycles. The Labute approximate surface area is 225 Å². The minimum absolute atomic E-state index is 0.126. The maximum absolute atomic E-state index is 13.1. The fraction of sp³-hybridized carbons (Fsp3) is 0.367. The summed E-state index contributed by atoms with van der Waals surface area (Å²) in [5.41, 5.74) is 9.26. The molecule has 0 radical (unpaired) electrons. The summed E-state index contributed by atoms with van der Waals surface area (Å²) in [6.07, 6.45) is 1.07. The van der Waals surface area contributed by atoms with Crippen molar-refractivity contribution in [2.75, 3.05) is 17.7 Å². The van der Waals surface area contributed by atoms with Gasteiger partial charge in [-0.1, -0.05) is 29.8 Å². The minimum atomic E-state index is -3.67. The van der Waals surface area contributed by atoms with Crippen LogP contribution in [-0.4, -0.2) is 38.6 Å². The second-order valence-corrected chi connectivity index (χ2v) is 12.4. The van der Waals surface area contributed by atoms with Crippen LogP contribution in [0.5, 0.6) is 5.75 Å². The van der Waals surface area contributed by atoms with Gasteiger partial charge in [-0.05, 0) is 84.3 Å². The monoisotopic (exact) mass is 537 g/mol. The van der Waals surface area contributed by atoms with Gasteiger partial charge in [-0.25, -0.2) is 8.42 Å². The summed E-state index contributed by atoms with van der Waals surface area (Å²) < 4.78 is 38.5. The molecule has 0 bridgehead atoms. The van der Waals surface area contributed by atoms with Crippen LogP contribution in [0.2, 0.25) is 0 Å². The Bertz CT molecular complexity index is 1530. The van der Waals surface area contributed by atoms with Crippen molar-refractivity contribution in [2.45, 2.75) is 60.3 Å². The first-order valence-corrected chi connectivity index (χ1v) is 14.3. The van der Waals surface area contributed by atoms with E-state index in [0.717, 1.165) is 44.5 Å². The number of carbonyl (C=O) groups excluding carboxylic acids is 1. The number of ether oxygens (including phenoxy) is 2. The number of aryl methyl sites for hydroxylation is 2. The van der Waals surface area contributed by atoms with Crippen LogP contribution in [0, 0.1) is 27.7 Å². The smallest absolute Gasteiger partial charge is 0.312 e. The fourth-order valence-corrected chi connectivity index (χ4v) is 6.33. The summed E-state index contributed by atoms with van der Waals surface area (Å²) in [5.74, 6) is -1.57. The number of hydrogen-bond donors (Lipinski definition) is 1. The zero-order valence-electron chi connectivity index (χ0n) is 23.2. The first-order chi connectivity index (χ1) is 17.6. The Morgan fingerprint density at radius 3 is 2.18 bits per heavy atom. The van der Waals surface area contributed by atoms with E-state index >= 15 is 0 Å². The highest BCUT2D eigenvalue weighted by molar-refractivity contribution is 7.92. The molecule has 38 heavy (non-hydrogen) atoms. The van der Waals surface area contributed by atoms with Gasteiger partial charge in [0, 0.05) is 19.4 Å². The zero-order valence-corrected chi connectivity index (χ0v) is 24.0. The number of benzene rings is 3. The van der Waals surface area contributed by atoms with Crippen LogP contribution in [0.3, 0.4) is 0 Å². The van der Waals surface area contributed by atoms with Crippen molar-refractivity contribution in [3.63, 3.8) is 0 Å². The van der Waals surface area contributed by atoms with Crippen molar-refractivity contribution in [2.24, 2.45) is 0 Å². The molecule has 1 aliphatic rings. The highest BCUT2D eigenvalue weighted by Gasteiger charge is 2.35. The van der Waals surface area contributed by atoms with Crippen LogP contribution >= 0.6 is 0 Å². The fourth-order valence-electron chi connectivity index (χ4n) is 5.40. The van der Waals surface area contributed by atoms with Gasteiger partial charge in [0.05, 0.1) is 32.0 Å². The molecule has 0 spiro atoms. The van der Waals surface area contributed by atoms with Gasteiger partial charge in [0.15, 0.2) is 0 Å². The Kier molecular flexibility index (Phi) is 7.10. The van der Waals surface area contributed by atoms with Crippen LogP contribution in [0.25, 0.3) is 22.3 Å². The van der Waals surface area contributed by atoms with Crippen LogP contribution in [0.4, 0.5) is 5.69 Å². The van der Waals surface area contributed by atoms with Crippen LogP contribution in [0.15, 0.2) is 36.4 Å². The molecule has 8 heteroatoms. The molecule has 0 fully saturated rings. The molecular weight excluding hydrogens is 502 g/mol. The van der Waals surface area contributed by atoms with E-state index in [1.165, 1.54) is 24.4 Å². The predicted molar refractivity (Wildman–Crippen MR) is 150 cm³/mol. The lowest BCUT2D eigenvalue weighted by molar-refractivity contribution is -0.194. The topological polar surface area (TPSA) is 93.1 Å². The van der Waals surface area contributed by atoms with Gasteiger partial charge < -0.3 is 14.6 Å². The second-order valence-electron chi connectivity index (χ2n) is 10.5. The molecule has 7 nitrogen and oxygen atoms in total. The SMILES string of the molecule is COc1cc(C)c2c(c1)CN(S(C)(=O)=O)c1c(C)c(CC(=O)OC(C)(C)O)c(-c3ccc(C)cc3)c(C)c1-2. The summed E-state index contributed by atoms with van der Waals surface area (Å²) in [5, 5.41) is 10.1. The van der Waals surface area contributed by atoms with Gasteiger partial charge in [-0.15, -0.1) is 0 Å². The van der Waals surface area contributed by atoms with E-state index < -0.39 is 21.8 Å². The van der Waals surface area contributed by atoms with Gasteiger partial charge in [0.2, 0.25) is 15.8 Å². The maximum Gasteiger partial charge on any atom is 0.312 e. The normalized spacial score (nSPS) is 13.1. The molecule has 0 aromatic heterocycles. The van der Waals surface area contributed by atoms with Crippen molar-refractivity contribution in [1.29, 1.82) is 0 Å². The van der Waals surface area contributed by atoms with E-state index in [9.17, 15) is 18.3 Å². The minimum Gasteiger partial charge on any atom is -0.497 e. The summed E-state index contributed by atoms with van der Waals surface area (Å²) in [6.45, 7) is 10.8. The lowest BCUT2D eigenvalue weighted by Crippen LogP contribution is -2.34. The van der Waals surface area contributed by atoms with E-state index in [0.29, 0.717) is 22.6 Å². The van der Waals surface area contributed by atoms with E-state index in [1.54, 1.807) is 7.11 Å². The molecule has 1 N–H and O–H groups in total. The Morgan fingerprint density at radius 2 is 1.63 bits per heavy atom. The molecule has 0 unspecified atom stereocenters. The van der Waals surface area contributed by atoms with E-state index in [-0.39, 0.29) is 13.0 Å². The standard InChI is InChI=1S/C30H35NO6S/c1-17-9-11-21(12-10-17)27-20(4)28-26-18(2)13-23(36-7)14-22(26)16-31(38(8,34)35)29(28)19(3)24(27)15-25(32)37-30(5,6)33/h9-14,33H,15-16H2,1-8H3. The van der Waals surface area contributed by atoms with E-state index in [2.05, 4.69) is 0 Å². The van der Waals surface area contributed by atoms with Crippen molar-refractivity contribution >= 4 is 21.7 Å². The number of methoxy groups -OCH3 is 1. The molecule has 1 aliphatic heterocycles. The summed E-state index contributed by atoms with van der Waals surface area (Å²) in [4.78, 5) is 13.0. The Balaban J connectivity index is 2.12. The molecule has 0 atom stereocenters. The van der Waals surface area contributed by atoms with Gasteiger partial charge in [-0.2, -0.15) is 0 Å². The molecule has 202 valence electrons. The second kappa shape index (κ2) is 9.75. The average molecular weight is 538 g/mol. The third-order valence-electron chi connectivity index (χ3n) is 6.96. The number of hydrogen-bond acceptors (Lipinski definition) is 6.